The van der Waals surface area contributed by atoms with Crippen molar-refractivity contribution in [3.63, 3.8) is 0 Å². The van der Waals surface area contributed by atoms with Crippen LogP contribution in [0.4, 0.5) is 0 Å². The highest BCUT2D eigenvalue weighted by Crippen LogP contribution is 2.31. The number of amides is 3. The van der Waals surface area contributed by atoms with Gasteiger partial charge in [-0.1, -0.05) is 18.2 Å². The number of hydrogen-bond acceptors (Lipinski definition) is 7. The molecule has 40 heavy (non-hydrogen) atoms. The highest BCUT2D eigenvalue weighted by atomic mass is 16.5. The number of carbonyl (C=O) groups is 3. The van der Waals surface area contributed by atoms with E-state index in [1.807, 2.05) is 24.3 Å². The summed E-state index contributed by atoms with van der Waals surface area (Å²) in [5.41, 5.74) is 1.55. The molecule has 2 aromatic carbocycles. The van der Waals surface area contributed by atoms with Crippen LogP contribution in [-0.4, -0.2) is 66.1 Å². The van der Waals surface area contributed by atoms with Gasteiger partial charge >= 0.3 is 0 Å². The Kier molecular flexibility index (Phi) is 7.22. The highest BCUT2D eigenvalue weighted by molar-refractivity contribution is 5.96. The van der Waals surface area contributed by atoms with Crippen LogP contribution in [0.25, 0.3) is 0 Å². The quantitative estimate of drug-likeness (QED) is 0.520. The lowest BCUT2D eigenvalue weighted by Crippen LogP contribution is -2.45. The number of nitrogens with zero attached hydrogens (tertiary/aromatic N) is 2. The molecular formula is C30H30N4O6. The van der Waals surface area contributed by atoms with E-state index in [2.05, 4.69) is 15.6 Å². The summed E-state index contributed by atoms with van der Waals surface area (Å²) in [5.74, 6) is 1.09. The predicted octanol–water partition coefficient (Wildman–Crippen LogP) is 2.58. The molecule has 2 fully saturated rings. The molecule has 1 saturated carbocycles. The standard InChI is InChI=1S/C30H30N4O6/c35-28-18-39-24-12-21(11-23(13-24)38-17-20-4-5-20)29(36)33-26-15-34(30(37)25-3-1-2-10-31-25)16-27(26)40-22-8-6-19(7-9-22)14-32-28/h1-3,6-13,20,26-27H,4-5,14-18H2,(H,32,35)(H,33,36)/t26-,27-/m0/s1. The van der Waals surface area contributed by atoms with E-state index in [1.165, 1.54) is 0 Å². The Morgan fingerprint density at radius 3 is 2.65 bits per heavy atom. The van der Waals surface area contributed by atoms with Crippen LogP contribution in [0.1, 0.15) is 39.3 Å². The van der Waals surface area contributed by atoms with Gasteiger partial charge in [-0.3, -0.25) is 19.4 Å². The molecule has 1 saturated heterocycles. The van der Waals surface area contributed by atoms with E-state index >= 15 is 0 Å². The third kappa shape index (κ3) is 6.17. The van der Waals surface area contributed by atoms with E-state index in [1.54, 1.807) is 47.5 Å². The lowest BCUT2D eigenvalue weighted by molar-refractivity contribution is -0.123. The zero-order chi connectivity index (χ0) is 27.5. The van der Waals surface area contributed by atoms with Gasteiger partial charge in [0.05, 0.1) is 19.2 Å². The van der Waals surface area contributed by atoms with Crippen molar-refractivity contribution in [3.8, 4) is 17.2 Å². The summed E-state index contributed by atoms with van der Waals surface area (Å²) in [6, 6.07) is 17.0. The normalized spacial score (nSPS) is 20.9. The third-order valence-electron chi connectivity index (χ3n) is 7.15. The van der Waals surface area contributed by atoms with Crippen molar-refractivity contribution in [2.75, 3.05) is 26.3 Å². The molecule has 0 spiro atoms. The van der Waals surface area contributed by atoms with Gasteiger partial charge in [0, 0.05) is 30.9 Å². The van der Waals surface area contributed by atoms with Gasteiger partial charge in [-0.05, 0) is 60.7 Å². The molecule has 4 heterocycles. The Hall–Kier alpha value is -4.60. The highest BCUT2D eigenvalue weighted by Gasteiger charge is 2.39. The third-order valence-corrected chi connectivity index (χ3v) is 7.15. The molecule has 2 atom stereocenters. The largest absolute Gasteiger partial charge is 0.493 e. The molecule has 206 valence electrons. The van der Waals surface area contributed by atoms with Crippen molar-refractivity contribution < 1.29 is 28.6 Å². The number of ether oxygens (including phenoxy) is 3. The van der Waals surface area contributed by atoms with Gasteiger partial charge in [-0.15, -0.1) is 0 Å². The van der Waals surface area contributed by atoms with Crippen LogP contribution < -0.4 is 24.8 Å². The van der Waals surface area contributed by atoms with Gasteiger partial charge in [0.1, 0.15) is 29.0 Å². The summed E-state index contributed by atoms with van der Waals surface area (Å²) >= 11 is 0. The minimum atomic E-state index is -0.497. The second-order valence-corrected chi connectivity index (χ2v) is 10.3. The molecule has 2 N–H and O–H groups in total. The van der Waals surface area contributed by atoms with Crippen LogP contribution in [0.2, 0.25) is 0 Å². The number of carbonyl (C=O) groups excluding carboxylic acids is 3. The van der Waals surface area contributed by atoms with Gasteiger partial charge in [0.25, 0.3) is 17.7 Å². The maximum absolute atomic E-state index is 13.5. The first-order valence-electron chi connectivity index (χ1n) is 13.4. The van der Waals surface area contributed by atoms with Crippen LogP contribution in [0, 0.1) is 5.92 Å². The Labute approximate surface area is 231 Å². The molecular weight excluding hydrogens is 512 g/mol. The average Bonchev–Trinajstić information content (AvgIpc) is 3.74. The van der Waals surface area contributed by atoms with Crippen molar-refractivity contribution in [3.05, 3.63) is 83.7 Å². The van der Waals surface area contributed by atoms with Crippen LogP contribution >= 0.6 is 0 Å². The monoisotopic (exact) mass is 542 g/mol. The fraction of sp³-hybridized carbons (Fsp3) is 0.333. The fourth-order valence-electron chi connectivity index (χ4n) is 4.73. The first-order chi connectivity index (χ1) is 19.5. The maximum Gasteiger partial charge on any atom is 0.272 e. The Balaban J connectivity index is 1.29. The molecule has 3 aliphatic heterocycles. The molecule has 0 unspecified atom stereocenters. The lowest BCUT2D eigenvalue weighted by Gasteiger charge is -2.21. The van der Waals surface area contributed by atoms with Gasteiger partial charge in [0.2, 0.25) is 0 Å². The second-order valence-electron chi connectivity index (χ2n) is 10.3. The molecule has 3 amide bonds. The van der Waals surface area contributed by atoms with E-state index in [9.17, 15) is 14.4 Å². The average molecular weight is 543 g/mol. The molecule has 1 aliphatic carbocycles. The minimum Gasteiger partial charge on any atom is -0.493 e. The van der Waals surface area contributed by atoms with Crippen LogP contribution in [0.3, 0.4) is 0 Å². The maximum atomic E-state index is 13.5. The van der Waals surface area contributed by atoms with Gasteiger partial charge in [0.15, 0.2) is 6.61 Å². The van der Waals surface area contributed by atoms with Crippen molar-refractivity contribution >= 4 is 17.7 Å². The van der Waals surface area contributed by atoms with E-state index < -0.39 is 12.1 Å². The predicted molar refractivity (Wildman–Crippen MR) is 144 cm³/mol. The second kappa shape index (κ2) is 11.3. The van der Waals surface area contributed by atoms with Crippen LogP contribution in [-0.2, 0) is 11.3 Å². The SMILES string of the molecule is O=C1COc2cc(OCC3CC3)cc(c2)C(=O)N[C@H]2CN(C(=O)c3ccccn3)C[C@@H]2Oc2ccc(cc2)CN1. The Bertz CT molecular complexity index is 1390. The summed E-state index contributed by atoms with van der Waals surface area (Å²) < 4.78 is 18.0. The fourth-order valence-corrected chi connectivity index (χ4v) is 4.73. The number of likely N-dealkylation sites (tertiary alicyclic amines) is 1. The zero-order valence-electron chi connectivity index (χ0n) is 21.9. The van der Waals surface area contributed by atoms with Crippen LogP contribution in [0.15, 0.2) is 66.9 Å². The molecule has 10 heteroatoms. The number of benzene rings is 2. The zero-order valence-corrected chi connectivity index (χ0v) is 21.9. The van der Waals surface area contributed by atoms with Gasteiger partial charge < -0.3 is 29.7 Å². The number of hydrogen-bond donors (Lipinski definition) is 2. The molecule has 7 rings (SSSR count). The first-order valence-corrected chi connectivity index (χ1v) is 13.4. The first kappa shape index (κ1) is 25.7. The molecule has 4 aliphatic rings. The van der Waals surface area contributed by atoms with Gasteiger partial charge in [-0.25, -0.2) is 0 Å². The summed E-state index contributed by atoms with van der Waals surface area (Å²) in [6.07, 6.45) is 3.33. The number of fused-ring (bicyclic) bond motifs is 7. The van der Waals surface area contributed by atoms with Crippen molar-refractivity contribution in [2.24, 2.45) is 5.92 Å². The van der Waals surface area contributed by atoms with E-state index in [0.717, 1.165) is 18.4 Å². The van der Waals surface area contributed by atoms with E-state index in [4.69, 9.17) is 14.2 Å². The molecule has 10 nitrogen and oxygen atoms in total. The molecule has 1 aromatic heterocycles. The Morgan fingerprint density at radius 2 is 1.88 bits per heavy atom. The van der Waals surface area contributed by atoms with Crippen molar-refractivity contribution in [2.45, 2.75) is 31.5 Å². The van der Waals surface area contributed by atoms with E-state index in [-0.39, 0.29) is 37.4 Å². The topological polar surface area (TPSA) is 119 Å². The van der Waals surface area contributed by atoms with E-state index in [0.29, 0.717) is 47.6 Å². The lowest BCUT2D eigenvalue weighted by atomic mass is 10.1. The smallest absolute Gasteiger partial charge is 0.272 e. The molecule has 3 aromatic rings. The van der Waals surface area contributed by atoms with Crippen LogP contribution in [0.5, 0.6) is 17.2 Å². The summed E-state index contributed by atoms with van der Waals surface area (Å²) in [6.45, 7) is 1.21. The Morgan fingerprint density at radius 1 is 1.02 bits per heavy atom. The van der Waals surface area contributed by atoms with Gasteiger partial charge in [-0.2, -0.15) is 0 Å². The number of rotatable bonds is 4. The minimum absolute atomic E-state index is 0.205. The summed E-state index contributed by atoms with van der Waals surface area (Å²) in [7, 11) is 0. The number of nitrogens with one attached hydrogen (secondary N) is 2. The van der Waals surface area contributed by atoms with Crippen molar-refractivity contribution in [1.82, 2.24) is 20.5 Å². The molecule has 0 radical (unpaired) electrons. The number of aromatic nitrogens is 1. The number of pyridine rings is 1. The summed E-state index contributed by atoms with van der Waals surface area (Å²) in [5, 5.41) is 5.89. The summed E-state index contributed by atoms with van der Waals surface area (Å²) in [4.78, 5) is 45.0. The van der Waals surface area contributed by atoms with Crippen molar-refractivity contribution in [1.29, 1.82) is 0 Å². The molecule has 4 bridgehead atoms.